The number of hydrogen-bond donors (Lipinski definition) is 4. The van der Waals surface area contributed by atoms with Crippen LogP contribution in [0, 0.1) is 5.53 Å². The lowest BCUT2D eigenvalue weighted by molar-refractivity contribution is -0.139. The average molecular weight is 309 g/mol. The minimum absolute atomic E-state index is 0.0298. The number of aliphatic carboxylic acids is 1. The summed E-state index contributed by atoms with van der Waals surface area (Å²) >= 11 is 5.92. The van der Waals surface area contributed by atoms with E-state index in [9.17, 15) is 4.79 Å². The Bertz CT molecular complexity index is 562. The van der Waals surface area contributed by atoms with Crippen molar-refractivity contribution in [3.8, 4) is 0 Å². The lowest BCUT2D eigenvalue weighted by Crippen LogP contribution is -2.30. The largest absolute Gasteiger partial charge is 0.480 e. The highest BCUT2D eigenvalue weighted by Gasteiger charge is 2.28. The second-order valence-corrected chi connectivity index (χ2v) is 5.39. The molecule has 0 aromatic heterocycles. The van der Waals surface area contributed by atoms with Crippen molar-refractivity contribution in [1.82, 2.24) is 10.6 Å². The van der Waals surface area contributed by atoms with Crippen molar-refractivity contribution in [2.45, 2.75) is 24.9 Å². The van der Waals surface area contributed by atoms with Crippen molar-refractivity contribution < 1.29 is 9.90 Å². The fourth-order valence-electron chi connectivity index (χ4n) is 2.24. The van der Waals surface area contributed by atoms with Gasteiger partial charge in [-0.05, 0) is 24.1 Å². The zero-order valence-electron chi connectivity index (χ0n) is 11.3. The lowest BCUT2D eigenvalue weighted by Gasteiger charge is -2.09. The first-order chi connectivity index (χ1) is 10.1. The van der Waals surface area contributed by atoms with Crippen LogP contribution in [0.1, 0.15) is 12.0 Å². The van der Waals surface area contributed by atoms with E-state index in [1.54, 1.807) is 12.3 Å². The first-order valence-corrected chi connectivity index (χ1v) is 6.99. The molecule has 1 aromatic carbocycles. The van der Waals surface area contributed by atoms with Gasteiger partial charge in [-0.1, -0.05) is 23.7 Å². The molecule has 112 valence electrons. The maximum atomic E-state index is 10.8. The van der Waals surface area contributed by atoms with Crippen LogP contribution in [-0.2, 0) is 11.2 Å². The molecule has 7 heteroatoms. The van der Waals surface area contributed by atoms with Crippen LogP contribution in [0.5, 0.6) is 0 Å². The fourth-order valence-corrected chi connectivity index (χ4v) is 2.46. The molecule has 0 unspecified atom stereocenters. The van der Waals surface area contributed by atoms with Crippen molar-refractivity contribution in [3.63, 3.8) is 0 Å². The number of allylic oxidation sites excluding steroid dienone is 1. The Morgan fingerprint density at radius 1 is 1.62 bits per heavy atom. The number of benzene rings is 1. The van der Waals surface area contributed by atoms with Gasteiger partial charge < -0.3 is 15.7 Å². The van der Waals surface area contributed by atoms with Crippen molar-refractivity contribution in [3.05, 3.63) is 46.7 Å². The highest BCUT2D eigenvalue weighted by molar-refractivity contribution is 6.30. The Morgan fingerprint density at radius 3 is 3.05 bits per heavy atom. The third-order valence-corrected chi connectivity index (χ3v) is 3.57. The predicted molar refractivity (Wildman–Crippen MR) is 79.4 cm³/mol. The molecule has 0 amide bonds. The summed E-state index contributed by atoms with van der Waals surface area (Å²) in [5, 5.41) is 19.1. The molecule has 4 N–H and O–H groups in total. The Morgan fingerprint density at radius 2 is 2.43 bits per heavy atom. The van der Waals surface area contributed by atoms with Gasteiger partial charge in [0.25, 0.3) is 0 Å². The third-order valence-electron chi connectivity index (χ3n) is 3.33. The van der Waals surface area contributed by atoms with Crippen LogP contribution >= 0.6 is 11.6 Å². The number of nitrogens with one attached hydrogen (secondary N) is 3. The van der Waals surface area contributed by atoms with Gasteiger partial charge in [0.1, 0.15) is 6.04 Å². The summed E-state index contributed by atoms with van der Waals surface area (Å²) in [5.41, 5.74) is 8.76. The number of rotatable bonds is 6. The SMILES string of the molecule is N=N/C(=C\N[C@@H]1CN[C@H](C(=O)O)C1)Cc1cccc(Cl)c1. The van der Waals surface area contributed by atoms with Gasteiger partial charge in [0.2, 0.25) is 0 Å². The average Bonchev–Trinajstić information content (AvgIpc) is 2.92. The predicted octanol–water partition coefficient (Wildman–Crippen LogP) is 2.16. The smallest absolute Gasteiger partial charge is 0.320 e. The number of carbonyl (C=O) groups is 1. The normalized spacial score (nSPS) is 22.0. The van der Waals surface area contributed by atoms with Crippen molar-refractivity contribution in [2.24, 2.45) is 5.11 Å². The summed E-state index contributed by atoms with van der Waals surface area (Å²) in [7, 11) is 0. The lowest BCUT2D eigenvalue weighted by atomic mass is 10.1. The second-order valence-electron chi connectivity index (χ2n) is 4.95. The topological polar surface area (TPSA) is 97.6 Å². The monoisotopic (exact) mass is 308 g/mol. The van der Waals surface area contributed by atoms with Crippen molar-refractivity contribution in [2.75, 3.05) is 6.54 Å². The zero-order chi connectivity index (χ0) is 15.2. The molecule has 0 spiro atoms. The van der Waals surface area contributed by atoms with Crippen LogP contribution in [0.15, 0.2) is 41.3 Å². The van der Waals surface area contributed by atoms with E-state index < -0.39 is 12.0 Å². The van der Waals surface area contributed by atoms with Crippen molar-refractivity contribution >= 4 is 17.6 Å². The number of nitrogens with zero attached hydrogens (tertiary/aromatic N) is 1. The summed E-state index contributed by atoms with van der Waals surface area (Å²) < 4.78 is 0. The van der Waals surface area contributed by atoms with E-state index in [0.29, 0.717) is 30.1 Å². The molecule has 1 aliphatic heterocycles. The Kier molecular flexibility index (Phi) is 5.30. The van der Waals surface area contributed by atoms with E-state index >= 15 is 0 Å². The molecule has 6 nitrogen and oxygen atoms in total. The Labute approximate surface area is 127 Å². The molecular formula is C14H17ClN4O2. The molecule has 0 aliphatic carbocycles. The highest BCUT2D eigenvalue weighted by atomic mass is 35.5. The molecular weight excluding hydrogens is 292 g/mol. The third kappa shape index (κ3) is 4.54. The Balaban J connectivity index is 1.92. The first kappa shape index (κ1) is 15.5. The van der Waals surface area contributed by atoms with Gasteiger partial charge >= 0.3 is 5.97 Å². The van der Waals surface area contributed by atoms with E-state index in [1.165, 1.54) is 0 Å². The standard InChI is InChI=1S/C14H17ClN4O2/c15-10-3-1-2-9(4-10)5-12(19-16)8-17-11-6-13(14(20)21)18-7-11/h1-4,8,11,13,16-18H,5-7H2,(H,20,21)/b12-8-,19-16?/t11-,13-/m0/s1. The van der Waals surface area contributed by atoms with Crippen LogP contribution in [0.25, 0.3) is 0 Å². The summed E-state index contributed by atoms with van der Waals surface area (Å²) in [4.78, 5) is 10.8. The maximum absolute atomic E-state index is 10.8. The summed E-state index contributed by atoms with van der Waals surface area (Å²) in [6.45, 7) is 0.579. The fraction of sp³-hybridized carbons (Fsp3) is 0.357. The highest BCUT2D eigenvalue weighted by Crippen LogP contribution is 2.15. The molecule has 2 rings (SSSR count). The number of halogens is 1. The minimum Gasteiger partial charge on any atom is -0.480 e. The van der Waals surface area contributed by atoms with Gasteiger partial charge in [0.15, 0.2) is 0 Å². The second kappa shape index (κ2) is 7.19. The number of hydrogen-bond acceptors (Lipinski definition) is 5. The van der Waals surface area contributed by atoms with Crippen LogP contribution in [0.2, 0.25) is 5.02 Å². The van der Waals surface area contributed by atoms with Crippen LogP contribution < -0.4 is 10.6 Å². The summed E-state index contributed by atoms with van der Waals surface area (Å²) in [6, 6.07) is 6.91. The quantitative estimate of drug-likeness (QED) is 0.605. The molecule has 2 atom stereocenters. The van der Waals surface area contributed by atoms with Gasteiger partial charge in [-0.25, -0.2) is 5.53 Å². The maximum Gasteiger partial charge on any atom is 0.320 e. The summed E-state index contributed by atoms with van der Waals surface area (Å²) in [5.74, 6) is -0.840. The van der Waals surface area contributed by atoms with Crippen LogP contribution in [0.4, 0.5) is 0 Å². The molecule has 21 heavy (non-hydrogen) atoms. The zero-order valence-corrected chi connectivity index (χ0v) is 12.1. The molecule has 1 aliphatic rings. The van der Waals surface area contributed by atoms with Gasteiger partial charge in [-0.3, -0.25) is 4.79 Å². The number of carboxylic acid groups (broad SMARTS) is 1. The molecule has 0 saturated carbocycles. The molecule has 1 fully saturated rings. The van der Waals surface area contributed by atoms with Gasteiger partial charge in [0, 0.05) is 30.2 Å². The van der Waals surface area contributed by atoms with E-state index in [0.717, 1.165) is 5.56 Å². The van der Waals surface area contributed by atoms with Gasteiger partial charge in [0.05, 0.1) is 5.70 Å². The molecule has 0 radical (unpaired) electrons. The molecule has 1 saturated heterocycles. The van der Waals surface area contributed by atoms with Crippen molar-refractivity contribution in [1.29, 1.82) is 5.53 Å². The van der Waals surface area contributed by atoms with Gasteiger partial charge in [-0.15, -0.1) is 0 Å². The van der Waals surface area contributed by atoms with Gasteiger partial charge in [-0.2, -0.15) is 5.11 Å². The summed E-state index contributed by atoms with van der Waals surface area (Å²) in [6.07, 6.45) is 2.68. The minimum atomic E-state index is -0.840. The first-order valence-electron chi connectivity index (χ1n) is 6.61. The van der Waals surface area contributed by atoms with E-state index in [-0.39, 0.29) is 6.04 Å². The molecule has 0 bridgehead atoms. The molecule has 1 aromatic rings. The van der Waals surface area contributed by atoms with E-state index in [4.69, 9.17) is 22.2 Å². The van der Waals surface area contributed by atoms with Crippen LogP contribution in [0.3, 0.4) is 0 Å². The Hall–Kier alpha value is -1.92. The molecule has 1 heterocycles. The van der Waals surface area contributed by atoms with Crippen LogP contribution in [-0.4, -0.2) is 29.7 Å². The number of carboxylic acids is 1. The van der Waals surface area contributed by atoms with E-state index in [1.807, 2.05) is 18.2 Å². The van der Waals surface area contributed by atoms with E-state index in [2.05, 4.69) is 15.7 Å².